The average Bonchev–Trinajstić information content (AvgIpc) is 2.76. The maximum absolute atomic E-state index is 11.9. The van der Waals surface area contributed by atoms with E-state index in [1.165, 1.54) is 0 Å². The lowest BCUT2D eigenvalue weighted by molar-refractivity contribution is -0.152. The number of aliphatic carboxylic acids is 1. The molecular formula is C13H22N2O4. The van der Waals surface area contributed by atoms with E-state index in [1.54, 1.807) is 25.7 Å². The lowest BCUT2D eigenvalue weighted by Gasteiger charge is -2.26. The van der Waals surface area contributed by atoms with Gasteiger partial charge in [0.15, 0.2) is 0 Å². The molecule has 0 saturated carbocycles. The molecule has 6 nitrogen and oxygen atoms in total. The van der Waals surface area contributed by atoms with E-state index >= 15 is 0 Å². The highest BCUT2D eigenvalue weighted by Gasteiger charge is 2.37. The van der Waals surface area contributed by atoms with Crippen LogP contribution in [0.25, 0.3) is 0 Å². The Labute approximate surface area is 113 Å². The van der Waals surface area contributed by atoms with E-state index in [0.29, 0.717) is 0 Å². The molecule has 1 saturated heterocycles. The first-order valence-electron chi connectivity index (χ1n) is 6.52. The minimum atomic E-state index is -1.17. The second-order valence-electron chi connectivity index (χ2n) is 5.94. The molecule has 2 amide bonds. The van der Waals surface area contributed by atoms with Crippen molar-refractivity contribution in [1.82, 2.24) is 10.2 Å². The molecule has 1 aliphatic heterocycles. The second-order valence-corrected chi connectivity index (χ2v) is 5.94. The second kappa shape index (κ2) is 6.04. The molecule has 1 unspecified atom stereocenters. The van der Waals surface area contributed by atoms with Gasteiger partial charge in [0, 0.05) is 13.1 Å². The van der Waals surface area contributed by atoms with Crippen molar-refractivity contribution in [2.75, 3.05) is 19.6 Å². The molecule has 1 heterocycles. The van der Waals surface area contributed by atoms with Gasteiger partial charge in [0.25, 0.3) is 0 Å². The molecule has 0 aromatic carbocycles. The van der Waals surface area contributed by atoms with Gasteiger partial charge in [0.2, 0.25) is 11.8 Å². The lowest BCUT2D eigenvalue weighted by Crippen LogP contribution is -2.46. The van der Waals surface area contributed by atoms with Crippen LogP contribution in [0, 0.1) is 11.3 Å². The van der Waals surface area contributed by atoms with Crippen LogP contribution in [0.5, 0.6) is 0 Å². The van der Waals surface area contributed by atoms with Gasteiger partial charge in [-0.25, -0.2) is 0 Å². The molecule has 6 heteroatoms. The highest BCUT2D eigenvalue weighted by atomic mass is 16.4. The van der Waals surface area contributed by atoms with Gasteiger partial charge in [-0.05, 0) is 18.3 Å². The minimum Gasteiger partial charge on any atom is -0.481 e. The van der Waals surface area contributed by atoms with Crippen molar-refractivity contribution in [1.29, 1.82) is 0 Å². The summed E-state index contributed by atoms with van der Waals surface area (Å²) in [7, 11) is 0. The van der Waals surface area contributed by atoms with Crippen molar-refractivity contribution in [2.24, 2.45) is 11.3 Å². The zero-order valence-electron chi connectivity index (χ0n) is 11.7. The molecule has 108 valence electrons. The number of carbonyl (C=O) groups excluding carboxylic acids is 2. The fourth-order valence-electron chi connectivity index (χ4n) is 2.22. The minimum absolute atomic E-state index is 0.126. The SMILES string of the molecule is CC(C)(C)C(C(=O)O)C(=O)NCC(=O)N1CCCC1. The molecule has 0 bridgehead atoms. The quantitative estimate of drug-likeness (QED) is 0.727. The number of carbonyl (C=O) groups is 3. The highest BCUT2D eigenvalue weighted by molar-refractivity contribution is 5.99. The highest BCUT2D eigenvalue weighted by Crippen LogP contribution is 2.26. The number of hydrogen-bond acceptors (Lipinski definition) is 3. The van der Waals surface area contributed by atoms with Crippen LogP contribution in [0.15, 0.2) is 0 Å². The summed E-state index contributed by atoms with van der Waals surface area (Å²) >= 11 is 0. The normalized spacial score (nSPS) is 17.1. The zero-order valence-corrected chi connectivity index (χ0v) is 11.7. The molecule has 1 fully saturated rings. The predicted octanol–water partition coefficient (Wildman–Crippen LogP) is 0.472. The largest absolute Gasteiger partial charge is 0.481 e. The number of nitrogens with one attached hydrogen (secondary N) is 1. The van der Waals surface area contributed by atoms with Gasteiger partial charge in [-0.2, -0.15) is 0 Å². The molecule has 2 N–H and O–H groups in total. The third-order valence-corrected chi connectivity index (χ3v) is 3.25. The Kier molecular flexibility index (Phi) is 4.91. The van der Waals surface area contributed by atoms with E-state index in [-0.39, 0.29) is 12.5 Å². The first kappa shape index (κ1) is 15.5. The Bertz CT molecular complexity index is 367. The Hall–Kier alpha value is -1.59. The number of likely N-dealkylation sites (tertiary alicyclic amines) is 1. The number of carboxylic acids is 1. The van der Waals surface area contributed by atoms with Crippen molar-refractivity contribution < 1.29 is 19.5 Å². The third-order valence-electron chi connectivity index (χ3n) is 3.25. The maximum atomic E-state index is 11.9. The van der Waals surface area contributed by atoms with E-state index < -0.39 is 23.2 Å². The van der Waals surface area contributed by atoms with E-state index in [2.05, 4.69) is 5.32 Å². The fraction of sp³-hybridized carbons (Fsp3) is 0.769. The molecule has 0 spiro atoms. The van der Waals surface area contributed by atoms with E-state index in [9.17, 15) is 14.4 Å². The summed E-state index contributed by atoms with van der Waals surface area (Å²) < 4.78 is 0. The van der Waals surface area contributed by atoms with Gasteiger partial charge < -0.3 is 15.3 Å². The summed E-state index contributed by atoms with van der Waals surface area (Å²) in [4.78, 5) is 36.5. The smallest absolute Gasteiger partial charge is 0.316 e. The zero-order chi connectivity index (χ0) is 14.6. The maximum Gasteiger partial charge on any atom is 0.316 e. The van der Waals surface area contributed by atoms with E-state index in [4.69, 9.17) is 5.11 Å². The van der Waals surface area contributed by atoms with Gasteiger partial charge in [-0.1, -0.05) is 20.8 Å². The van der Waals surface area contributed by atoms with Crippen molar-refractivity contribution in [3.63, 3.8) is 0 Å². The number of amides is 2. The number of hydrogen-bond donors (Lipinski definition) is 2. The van der Waals surface area contributed by atoms with Gasteiger partial charge >= 0.3 is 5.97 Å². The fourth-order valence-corrected chi connectivity index (χ4v) is 2.22. The molecule has 0 aromatic rings. The van der Waals surface area contributed by atoms with Crippen molar-refractivity contribution in [2.45, 2.75) is 33.6 Å². The Balaban J connectivity index is 2.53. The molecule has 0 aromatic heterocycles. The summed E-state index contributed by atoms with van der Waals surface area (Å²) in [6, 6.07) is 0. The monoisotopic (exact) mass is 270 g/mol. The van der Waals surface area contributed by atoms with Crippen molar-refractivity contribution >= 4 is 17.8 Å². The topological polar surface area (TPSA) is 86.7 Å². The van der Waals surface area contributed by atoms with Gasteiger partial charge in [0.05, 0.1) is 6.54 Å². The summed E-state index contributed by atoms with van der Waals surface area (Å²) in [6.45, 7) is 6.38. The molecule has 1 atom stereocenters. The van der Waals surface area contributed by atoms with Gasteiger partial charge in [-0.3, -0.25) is 14.4 Å². The Morgan fingerprint density at radius 2 is 1.74 bits per heavy atom. The van der Waals surface area contributed by atoms with Crippen molar-refractivity contribution in [3.8, 4) is 0 Å². The molecule has 0 radical (unpaired) electrons. The van der Waals surface area contributed by atoms with Crippen LogP contribution in [0.3, 0.4) is 0 Å². The lowest BCUT2D eigenvalue weighted by atomic mass is 9.80. The average molecular weight is 270 g/mol. The van der Waals surface area contributed by atoms with E-state index in [0.717, 1.165) is 25.9 Å². The molecular weight excluding hydrogens is 248 g/mol. The Morgan fingerprint density at radius 1 is 1.21 bits per heavy atom. The van der Waals surface area contributed by atoms with Crippen LogP contribution in [0.1, 0.15) is 33.6 Å². The first-order valence-corrected chi connectivity index (χ1v) is 6.52. The first-order chi connectivity index (χ1) is 8.73. The molecule has 1 aliphatic rings. The number of nitrogens with zero attached hydrogens (tertiary/aromatic N) is 1. The molecule has 19 heavy (non-hydrogen) atoms. The van der Waals surface area contributed by atoms with Crippen LogP contribution < -0.4 is 5.32 Å². The molecule has 0 aliphatic carbocycles. The standard InChI is InChI=1S/C13H22N2O4/c1-13(2,3)10(12(18)19)11(17)14-8-9(16)15-6-4-5-7-15/h10H,4-8H2,1-3H3,(H,14,17)(H,18,19). The van der Waals surface area contributed by atoms with Crippen LogP contribution >= 0.6 is 0 Å². The van der Waals surface area contributed by atoms with Crippen LogP contribution in [0.2, 0.25) is 0 Å². The van der Waals surface area contributed by atoms with Crippen LogP contribution in [-0.2, 0) is 14.4 Å². The van der Waals surface area contributed by atoms with Gasteiger partial charge in [-0.15, -0.1) is 0 Å². The molecule has 1 rings (SSSR count). The predicted molar refractivity (Wildman–Crippen MR) is 69.4 cm³/mol. The Morgan fingerprint density at radius 3 is 2.16 bits per heavy atom. The summed E-state index contributed by atoms with van der Waals surface area (Å²) in [5, 5.41) is 11.5. The summed E-state index contributed by atoms with van der Waals surface area (Å²) in [5.41, 5.74) is -0.688. The van der Waals surface area contributed by atoms with Crippen LogP contribution in [-0.4, -0.2) is 47.4 Å². The van der Waals surface area contributed by atoms with Gasteiger partial charge in [0.1, 0.15) is 5.92 Å². The van der Waals surface area contributed by atoms with Crippen LogP contribution in [0.4, 0.5) is 0 Å². The summed E-state index contributed by atoms with van der Waals surface area (Å²) in [5.74, 6) is -3.08. The third kappa shape index (κ3) is 4.22. The number of carboxylic acid groups (broad SMARTS) is 1. The van der Waals surface area contributed by atoms with Crippen molar-refractivity contribution in [3.05, 3.63) is 0 Å². The van der Waals surface area contributed by atoms with E-state index in [1.807, 2.05) is 0 Å². The number of rotatable bonds is 4. The summed E-state index contributed by atoms with van der Waals surface area (Å²) in [6.07, 6.45) is 1.97.